The van der Waals surface area contributed by atoms with Crippen molar-refractivity contribution in [2.24, 2.45) is 0 Å². The minimum atomic E-state index is -0.0331. The molecular formula is C14H20Br2N2O. The van der Waals surface area contributed by atoms with Crippen molar-refractivity contribution < 1.29 is 4.79 Å². The Balaban J connectivity index is 2.39. The number of benzene rings is 1. The van der Waals surface area contributed by atoms with Crippen LogP contribution in [0.15, 0.2) is 27.1 Å². The average Bonchev–Trinajstić information content (AvgIpc) is 2.32. The molecule has 1 rings (SSSR count). The molecule has 0 spiro atoms. The molecule has 0 radical (unpaired) electrons. The molecule has 1 aromatic rings. The van der Waals surface area contributed by atoms with Gasteiger partial charge in [-0.25, -0.2) is 0 Å². The van der Waals surface area contributed by atoms with Crippen LogP contribution < -0.4 is 5.32 Å². The number of hydrogen-bond acceptors (Lipinski definition) is 2. The summed E-state index contributed by atoms with van der Waals surface area (Å²) in [6.07, 6.45) is 0.954. The number of carbonyl (C=O) groups is 1. The Labute approximate surface area is 132 Å². The Kier molecular flexibility index (Phi) is 7.04. The van der Waals surface area contributed by atoms with Gasteiger partial charge in [-0.2, -0.15) is 0 Å². The lowest BCUT2D eigenvalue weighted by Crippen LogP contribution is -2.31. The van der Waals surface area contributed by atoms with E-state index in [1.165, 1.54) is 0 Å². The van der Waals surface area contributed by atoms with E-state index in [0.717, 1.165) is 21.9 Å². The van der Waals surface area contributed by atoms with Crippen molar-refractivity contribution in [3.05, 3.63) is 32.7 Å². The molecule has 1 N–H and O–H groups in total. The van der Waals surface area contributed by atoms with E-state index in [1.807, 2.05) is 18.2 Å². The number of halogens is 2. The Morgan fingerprint density at radius 2 is 1.84 bits per heavy atom. The van der Waals surface area contributed by atoms with Crippen molar-refractivity contribution in [2.45, 2.75) is 26.3 Å². The van der Waals surface area contributed by atoms with Gasteiger partial charge in [-0.15, -0.1) is 0 Å². The highest BCUT2D eigenvalue weighted by molar-refractivity contribution is 9.11. The van der Waals surface area contributed by atoms with Gasteiger partial charge in [-0.05, 0) is 52.1 Å². The molecule has 0 atom stereocenters. The monoisotopic (exact) mass is 390 g/mol. The summed E-state index contributed by atoms with van der Waals surface area (Å²) in [5, 5.41) is 2.94. The van der Waals surface area contributed by atoms with E-state index in [4.69, 9.17) is 0 Å². The van der Waals surface area contributed by atoms with Crippen molar-refractivity contribution in [3.63, 3.8) is 0 Å². The van der Waals surface area contributed by atoms with Gasteiger partial charge in [0.2, 0.25) is 0 Å². The predicted octanol–water partition coefficient (Wildman–Crippen LogP) is 3.67. The molecule has 0 saturated carbocycles. The van der Waals surface area contributed by atoms with Crippen LogP contribution in [0.4, 0.5) is 0 Å². The molecule has 0 saturated heterocycles. The molecular weight excluding hydrogens is 372 g/mol. The van der Waals surface area contributed by atoms with Gasteiger partial charge in [0.25, 0.3) is 5.91 Å². The van der Waals surface area contributed by atoms with E-state index in [1.54, 1.807) is 0 Å². The molecule has 5 heteroatoms. The standard InChI is InChI=1S/C14H20Br2N2O/c1-10(2)18(3)6-4-5-17-14(19)11-7-12(15)9-13(16)8-11/h7-10H,4-6H2,1-3H3,(H,17,19). The number of carbonyl (C=O) groups excluding carboxylic acids is 1. The quantitative estimate of drug-likeness (QED) is 0.750. The van der Waals surface area contributed by atoms with Crippen molar-refractivity contribution in [2.75, 3.05) is 20.1 Å². The fourth-order valence-corrected chi connectivity index (χ4v) is 2.87. The number of hydrogen-bond donors (Lipinski definition) is 1. The summed E-state index contributed by atoms with van der Waals surface area (Å²) in [6.45, 7) is 6.01. The summed E-state index contributed by atoms with van der Waals surface area (Å²) in [5.41, 5.74) is 0.665. The third-order valence-electron chi connectivity index (χ3n) is 2.98. The fraction of sp³-hybridized carbons (Fsp3) is 0.500. The van der Waals surface area contributed by atoms with Gasteiger partial charge in [-0.1, -0.05) is 31.9 Å². The molecule has 0 aliphatic heterocycles. The first-order valence-electron chi connectivity index (χ1n) is 6.34. The zero-order valence-electron chi connectivity index (χ0n) is 11.5. The summed E-state index contributed by atoms with van der Waals surface area (Å²) in [4.78, 5) is 14.2. The molecule has 0 fully saturated rings. The SMILES string of the molecule is CC(C)N(C)CCCNC(=O)c1cc(Br)cc(Br)c1. The second kappa shape index (κ2) is 8.02. The van der Waals surface area contributed by atoms with Gasteiger partial charge in [-0.3, -0.25) is 4.79 Å². The fourth-order valence-electron chi connectivity index (χ4n) is 1.58. The summed E-state index contributed by atoms with van der Waals surface area (Å²) in [6, 6.07) is 6.09. The van der Waals surface area contributed by atoms with Crippen LogP contribution in [0.5, 0.6) is 0 Å². The maximum absolute atomic E-state index is 12.0. The van der Waals surface area contributed by atoms with Gasteiger partial charge in [0.1, 0.15) is 0 Å². The smallest absolute Gasteiger partial charge is 0.251 e. The highest BCUT2D eigenvalue weighted by Gasteiger charge is 2.07. The molecule has 3 nitrogen and oxygen atoms in total. The van der Waals surface area contributed by atoms with E-state index >= 15 is 0 Å². The largest absolute Gasteiger partial charge is 0.352 e. The molecule has 19 heavy (non-hydrogen) atoms. The van der Waals surface area contributed by atoms with Crippen LogP contribution >= 0.6 is 31.9 Å². The van der Waals surface area contributed by atoms with Crippen molar-refractivity contribution in [3.8, 4) is 0 Å². The van der Waals surface area contributed by atoms with Gasteiger partial charge in [0, 0.05) is 27.1 Å². The highest BCUT2D eigenvalue weighted by Crippen LogP contribution is 2.19. The maximum Gasteiger partial charge on any atom is 0.251 e. The first-order valence-corrected chi connectivity index (χ1v) is 7.93. The van der Waals surface area contributed by atoms with E-state index in [2.05, 4.69) is 63.0 Å². The minimum Gasteiger partial charge on any atom is -0.352 e. The molecule has 0 aliphatic carbocycles. The maximum atomic E-state index is 12.0. The molecule has 0 aromatic heterocycles. The summed E-state index contributed by atoms with van der Waals surface area (Å²) in [5.74, 6) is -0.0331. The third-order valence-corrected chi connectivity index (χ3v) is 3.90. The summed E-state index contributed by atoms with van der Waals surface area (Å²) >= 11 is 6.76. The summed E-state index contributed by atoms with van der Waals surface area (Å²) < 4.78 is 1.79. The zero-order valence-corrected chi connectivity index (χ0v) is 14.7. The number of nitrogens with one attached hydrogen (secondary N) is 1. The molecule has 106 valence electrons. The lowest BCUT2D eigenvalue weighted by Gasteiger charge is -2.20. The van der Waals surface area contributed by atoms with Gasteiger partial charge < -0.3 is 10.2 Å². The van der Waals surface area contributed by atoms with Crippen LogP contribution in [-0.2, 0) is 0 Å². The van der Waals surface area contributed by atoms with E-state index in [-0.39, 0.29) is 5.91 Å². The van der Waals surface area contributed by atoms with Crippen molar-refractivity contribution in [1.29, 1.82) is 0 Å². The van der Waals surface area contributed by atoms with Crippen LogP contribution in [0.3, 0.4) is 0 Å². The Morgan fingerprint density at radius 3 is 2.37 bits per heavy atom. The zero-order chi connectivity index (χ0) is 14.4. The van der Waals surface area contributed by atoms with E-state index in [9.17, 15) is 4.79 Å². The molecule has 0 bridgehead atoms. The molecule has 1 amide bonds. The molecule has 0 unspecified atom stereocenters. The third kappa shape index (κ3) is 6.06. The Bertz CT molecular complexity index is 415. The summed E-state index contributed by atoms with van der Waals surface area (Å²) in [7, 11) is 2.10. The topological polar surface area (TPSA) is 32.3 Å². The number of amides is 1. The second-order valence-corrected chi connectivity index (χ2v) is 6.67. The van der Waals surface area contributed by atoms with Crippen LogP contribution in [0.1, 0.15) is 30.6 Å². The van der Waals surface area contributed by atoms with E-state index in [0.29, 0.717) is 18.2 Å². The first-order chi connectivity index (χ1) is 8.90. The minimum absolute atomic E-state index is 0.0331. The van der Waals surface area contributed by atoms with Crippen LogP contribution in [-0.4, -0.2) is 37.0 Å². The Hall–Kier alpha value is -0.390. The lowest BCUT2D eigenvalue weighted by molar-refractivity contribution is 0.0951. The normalized spacial score (nSPS) is 11.1. The predicted molar refractivity (Wildman–Crippen MR) is 86.6 cm³/mol. The second-order valence-electron chi connectivity index (χ2n) is 4.84. The van der Waals surface area contributed by atoms with Crippen LogP contribution in [0.2, 0.25) is 0 Å². The van der Waals surface area contributed by atoms with Gasteiger partial charge in [0.05, 0.1) is 0 Å². The van der Waals surface area contributed by atoms with E-state index < -0.39 is 0 Å². The van der Waals surface area contributed by atoms with Gasteiger partial charge >= 0.3 is 0 Å². The lowest BCUT2D eigenvalue weighted by atomic mass is 10.2. The Morgan fingerprint density at radius 1 is 1.26 bits per heavy atom. The van der Waals surface area contributed by atoms with Crippen molar-refractivity contribution in [1.82, 2.24) is 10.2 Å². The van der Waals surface area contributed by atoms with Crippen molar-refractivity contribution >= 4 is 37.8 Å². The molecule has 1 aromatic carbocycles. The first kappa shape index (κ1) is 16.7. The highest BCUT2D eigenvalue weighted by atomic mass is 79.9. The molecule has 0 heterocycles. The van der Waals surface area contributed by atoms with Crippen LogP contribution in [0, 0.1) is 0 Å². The molecule has 0 aliphatic rings. The van der Waals surface area contributed by atoms with Crippen LogP contribution in [0.25, 0.3) is 0 Å². The number of nitrogens with zero attached hydrogens (tertiary/aromatic N) is 1. The van der Waals surface area contributed by atoms with Gasteiger partial charge in [0.15, 0.2) is 0 Å². The number of rotatable bonds is 6. The average molecular weight is 392 g/mol.